The SMILES string of the molecule is C=CC(=O)N1CCCC[C@@H](n2c(NC(=O)c3ccnc(C(F)(F)F)c3)nc3cc4cnn(C5CCOCC5)c4cc32)C1. The van der Waals surface area contributed by atoms with Gasteiger partial charge in [-0.1, -0.05) is 6.58 Å². The van der Waals surface area contributed by atoms with Gasteiger partial charge in [-0.3, -0.25) is 24.6 Å². The van der Waals surface area contributed by atoms with Gasteiger partial charge in [0.15, 0.2) is 0 Å². The highest BCUT2D eigenvalue weighted by atomic mass is 19.4. The summed E-state index contributed by atoms with van der Waals surface area (Å²) in [5.41, 5.74) is 0.886. The lowest BCUT2D eigenvalue weighted by Crippen LogP contribution is -2.34. The Bertz CT molecular complexity index is 1660. The summed E-state index contributed by atoms with van der Waals surface area (Å²) in [6.45, 7) is 5.88. The number of pyridine rings is 1. The number of anilines is 1. The van der Waals surface area contributed by atoms with Crippen molar-refractivity contribution in [1.82, 2.24) is 29.2 Å². The van der Waals surface area contributed by atoms with E-state index >= 15 is 0 Å². The van der Waals surface area contributed by atoms with Gasteiger partial charge in [-0.2, -0.15) is 18.3 Å². The summed E-state index contributed by atoms with van der Waals surface area (Å²) >= 11 is 0. The molecule has 0 spiro atoms. The predicted molar refractivity (Wildman–Crippen MR) is 149 cm³/mol. The molecule has 2 saturated heterocycles. The first kappa shape index (κ1) is 27.9. The lowest BCUT2D eigenvalue weighted by atomic mass is 10.1. The van der Waals surface area contributed by atoms with Crippen molar-refractivity contribution in [2.75, 3.05) is 31.6 Å². The van der Waals surface area contributed by atoms with Crippen molar-refractivity contribution < 1.29 is 27.5 Å². The summed E-state index contributed by atoms with van der Waals surface area (Å²) in [5.74, 6) is -0.741. The van der Waals surface area contributed by atoms with Crippen LogP contribution < -0.4 is 5.32 Å². The van der Waals surface area contributed by atoms with Crippen LogP contribution in [0.4, 0.5) is 19.1 Å². The topological polar surface area (TPSA) is 107 Å². The Morgan fingerprint density at radius 1 is 1.07 bits per heavy atom. The van der Waals surface area contributed by atoms with Crippen LogP contribution in [0, 0.1) is 0 Å². The van der Waals surface area contributed by atoms with Gasteiger partial charge in [0.25, 0.3) is 5.91 Å². The molecule has 6 rings (SSSR count). The number of fused-ring (bicyclic) bond motifs is 2. The van der Waals surface area contributed by atoms with E-state index in [0.717, 1.165) is 54.4 Å². The smallest absolute Gasteiger partial charge is 0.381 e. The third-order valence-corrected chi connectivity index (χ3v) is 7.98. The lowest BCUT2D eigenvalue weighted by Gasteiger charge is -2.26. The second kappa shape index (κ2) is 11.2. The average Bonchev–Trinajstić information content (AvgIpc) is 3.46. The van der Waals surface area contributed by atoms with E-state index in [1.54, 1.807) is 11.1 Å². The van der Waals surface area contributed by atoms with E-state index in [1.807, 2.05) is 21.4 Å². The van der Waals surface area contributed by atoms with Gasteiger partial charge in [0.05, 0.1) is 34.8 Å². The molecule has 10 nitrogen and oxygen atoms in total. The molecule has 0 unspecified atom stereocenters. The zero-order chi connectivity index (χ0) is 29.4. The molecule has 2 fully saturated rings. The van der Waals surface area contributed by atoms with Gasteiger partial charge in [-0.15, -0.1) is 0 Å². The van der Waals surface area contributed by atoms with E-state index < -0.39 is 17.8 Å². The third kappa shape index (κ3) is 5.36. The number of hydrogen-bond acceptors (Lipinski definition) is 6. The number of nitrogens with zero attached hydrogens (tertiary/aromatic N) is 6. The number of hydrogen-bond donors (Lipinski definition) is 1. The average molecular weight is 582 g/mol. The first-order valence-electron chi connectivity index (χ1n) is 14.0. The second-order valence-corrected chi connectivity index (χ2v) is 10.7. The van der Waals surface area contributed by atoms with E-state index in [9.17, 15) is 22.8 Å². The lowest BCUT2D eigenvalue weighted by molar-refractivity contribution is -0.141. The summed E-state index contributed by atoms with van der Waals surface area (Å²) in [7, 11) is 0. The Morgan fingerprint density at radius 3 is 2.64 bits per heavy atom. The molecule has 1 N–H and O–H groups in total. The highest BCUT2D eigenvalue weighted by molar-refractivity contribution is 6.04. The summed E-state index contributed by atoms with van der Waals surface area (Å²) in [5, 5.41) is 8.29. The molecule has 0 aliphatic carbocycles. The van der Waals surface area contributed by atoms with Gasteiger partial charge in [0.1, 0.15) is 5.69 Å². The minimum atomic E-state index is -4.69. The molecule has 42 heavy (non-hydrogen) atoms. The maximum Gasteiger partial charge on any atom is 0.433 e. The van der Waals surface area contributed by atoms with Crippen LogP contribution in [0.15, 0.2) is 49.3 Å². The number of carbonyl (C=O) groups excluding carboxylic acids is 2. The van der Waals surface area contributed by atoms with Gasteiger partial charge in [0, 0.05) is 43.4 Å². The molecule has 4 aromatic rings. The number of likely N-dealkylation sites (tertiary alicyclic amines) is 1. The Balaban J connectivity index is 1.45. The van der Waals surface area contributed by atoms with E-state index in [-0.39, 0.29) is 29.5 Å². The quantitative estimate of drug-likeness (QED) is 0.327. The standard InChI is InChI=1S/C29H30F3N7O3/c1-2-26(40)37-10-4-3-5-21(17-37)38-24-15-23-19(16-34-39(23)20-7-11-42-12-8-20)13-22(24)35-28(38)36-27(41)18-6-9-33-25(14-18)29(30,31)32/h2,6,9,13-16,20-21H,1,3-5,7-8,10-12,17H2,(H,35,36,41)/t21-/m1/s1. The molecule has 3 aromatic heterocycles. The molecule has 0 saturated carbocycles. The Morgan fingerprint density at radius 2 is 1.88 bits per heavy atom. The minimum Gasteiger partial charge on any atom is -0.381 e. The van der Waals surface area contributed by atoms with Crippen molar-refractivity contribution in [3.8, 4) is 0 Å². The molecule has 220 valence electrons. The van der Waals surface area contributed by atoms with Crippen LogP contribution >= 0.6 is 0 Å². The Hall–Kier alpha value is -4.26. The van der Waals surface area contributed by atoms with Crippen LogP contribution in [0.25, 0.3) is 21.9 Å². The minimum absolute atomic E-state index is 0.178. The number of imidazole rings is 1. The van der Waals surface area contributed by atoms with Crippen molar-refractivity contribution in [1.29, 1.82) is 0 Å². The highest BCUT2D eigenvalue weighted by Crippen LogP contribution is 2.35. The zero-order valence-electron chi connectivity index (χ0n) is 22.8. The van der Waals surface area contributed by atoms with Gasteiger partial charge >= 0.3 is 6.18 Å². The van der Waals surface area contributed by atoms with Gasteiger partial charge in [0.2, 0.25) is 11.9 Å². The largest absolute Gasteiger partial charge is 0.433 e. The zero-order valence-corrected chi connectivity index (χ0v) is 22.8. The van der Waals surface area contributed by atoms with E-state index in [4.69, 9.17) is 9.72 Å². The predicted octanol–water partition coefficient (Wildman–Crippen LogP) is 5.14. The van der Waals surface area contributed by atoms with E-state index in [1.165, 1.54) is 12.1 Å². The monoisotopic (exact) mass is 581 g/mol. The van der Waals surface area contributed by atoms with Gasteiger partial charge in [-0.05, 0) is 62.4 Å². The van der Waals surface area contributed by atoms with E-state index in [2.05, 4.69) is 22.0 Å². The number of carbonyl (C=O) groups is 2. The fraction of sp³-hybridized carbons (Fsp3) is 0.414. The van der Waals surface area contributed by atoms with Crippen molar-refractivity contribution in [2.24, 2.45) is 0 Å². The van der Waals surface area contributed by atoms with Crippen LogP contribution in [0.2, 0.25) is 0 Å². The van der Waals surface area contributed by atoms with Crippen LogP contribution in [0.5, 0.6) is 0 Å². The van der Waals surface area contributed by atoms with Crippen molar-refractivity contribution >= 4 is 39.7 Å². The van der Waals surface area contributed by atoms with Crippen LogP contribution in [0.3, 0.4) is 0 Å². The summed E-state index contributed by atoms with van der Waals surface area (Å²) in [4.78, 5) is 35.7. The van der Waals surface area contributed by atoms with Crippen molar-refractivity contribution in [2.45, 2.75) is 50.4 Å². The fourth-order valence-electron chi connectivity index (χ4n) is 5.87. The summed E-state index contributed by atoms with van der Waals surface area (Å²) in [6, 6.07) is 5.76. The van der Waals surface area contributed by atoms with Crippen LogP contribution in [0.1, 0.15) is 60.2 Å². The van der Waals surface area contributed by atoms with Crippen LogP contribution in [-0.2, 0) is 15.7 Å². The number of benzene rings is 1. The molecular weight excluding hydrogens is 551 g/mol. The fourth-order valence-corrected chi connectivity index (χ4v) is 5.87. The van der Waals surface area contributed by atoms with Crippen molar-refractivity contribution in [3.63, 3.8) is 0 Å². The van der Waals surface area contributed by atoms with Gasteiger partial charge < -0.3 is 14.2 Å². The number of alkyl halides is 3. The molecule has 2 aliphatic rings. The third-order valence-electron chi connectivity index (χ3n) is 7.98. The number of halogens is 3. The molecule has 2 aliphatic heterocycles. The van der Waals surface area contributed by atoms with Crippen LogP contribution in [-0.4, -0.2) is 67.3 Å². The normalized spacial score (nSPS) is 18.7. The molecule has 1 aromatic carbocycles. The molecule has 0 radical (unpaired) electrons. The molecule has 0 bridgehead atoms. The number of rotatable bonds is 5. The number of amides is 2. The maximum absolute atomic E-state index is 13.3. The first-order chi connectivity index (χ1) is 20.2. The maximum atomic E-state index is 13.3. The van der Waals surface area contributed by atoms with E-state index in [0.29, 0.717) is 38.2 Å². The summed E-state index contributed by atoms with van der Waals surface area (Å²) in [6.07, 6.45) is 3.36. The van der Waals surface area contributed by atoms with Crippen molar-refractivity contribution in [3.05, 3.63) is 60.6 Å². The molecule has 1 atom stereocenters. The first-order valence-corrected chi connectivity index (χ1v) is 14.0. The molecule has 2 amide bonds. The molecule has 5 heterocycles. The number of ether oxygens (including phenoxy) is 1. The second-order valence-electron chi connectivity index (χ2n) is 10.7. The highest BCUT2D eigenvalue weighted by Gasteiger charge is 2.33. The van der Waals surface area contributed by atoms with Gasteiger partial charge in [-0.25, -0.2) is 4.98 Å². The summed E-state index contributed by atoms with van der Waals surface area (Å²) < 4.78 is 49.3. The Kier molecular flexibility index (Phi) is 7.43. The number of aromatic nitrogens is 5. The number of nitrogens with one attached hydrogen (secondary N) is 1. The molecule has 13 heteroatoms. The molecular formula is C29H30F3N7O3. The Labute approximate surface area is 239 Å².